The lowest BCUT2D eigenvalue weighted by molar-refractivity contribution is 0.254. The summed E-state index contributed by atoms with van der Waals surface area (Å²) < 4.78 is 5.58. The average Bonchev–Trinajstić information content (AvgIpc) is 2.92. The van der Waals surface area contributed by atoms with E-state index in [0.29, 0.717) is 11.8 Å². The predicted molar refractivity (Wildman–Crippen MR) is 82.9 cm³/mol. The van der Waals surface area contributed by atoms with E-state index in [-0.39, 0.29) is 5.54 Å². The molecule has 0 atom stereocenters. The highest BCUT2D eigenvalue weighted by molar-refractivity contribution is 5.06. The molecule has 0 bridgehead atoms. The highest BCUT2D eigenvalue weighted by Crippen LogP contribution is 2.37. The Kier molecular flexibility index (Phi) is 4.63. The lowest BCUT2D eigenvalue weighted by atomic mass is 9.80. The van der Waals surface area contributed by atoms with Gasteiger partial charge in [0, 0.05) is 5.92 Å². The summed E-state index contributed by atoms with van der Waals surface area (Å²) in [6.45, 7) is 2.29. The van der Waals surface area contributed by atoms with E-state index in [9.17, 15) is 0 Å². The SMILES string of the molecule is CCC1CCC(c2noc(C3(N)CCCCCC3)n2)CC1. The van der Waals surface area contributed by atoms with E-state index in [1.54, 1.807) is 0 Å². The van der Waals surface area contributed by atoms with E-state index in [1.807, 2.05) is 0 Å². The van der Waals surface area contributed by atoms with Gasteiger partial charge in [-0.05, 0) is 44.4 Å². The normalized spacial score (nSPS) is 30.0. The van der Waals surface area contributed by atoms with Crippen LogP contribution in [-0.2, 0) is 5.54 Å². The largest absolute Gasteiger partial charge is 0.337 e. The number of rotatable bonds is 3. The zero-order valence-corrected chi connectivity index (χ0v) is 13.3. The van der Waals surface area contributed by atoms with Crippen LogP contribution in [0, 0.1) is 5.92 Å². The fourth-order valence-electron chi connectivity index (χ4n) is 4.01. The first-order valence-corrected chi connectivity index (χ1v) is 8.84. The number of hydrogen-bond acceptors (Lipinski definition) is 4. The van der Waals surface area contributed by atoms with Crippen molar-refractivity contribution in [2.24, 2.45) is 11.7 Å². The monoisotopic (exact) mass is 291 g/mol. The first-order valence-electron chi connectivity index (χ1n) is 8.84. The minimum atomic E-state index is -0.373. The summed E-state index contributed by atoms with van der Waals surface area (Å²) in [5.41, 5.74) is 6.20. The van der Waals surface area contributed by atoms with Crippen LogP contribution in [0.25, 0.3) is 0 Å². The van der Waals surface area contributed by atoms with Gasteiger partial charge in [-0.15, -0.1) is 0 Å². The number of hydrogen-bond donors (Lipinski definition) is 1. The minimum absolute atomic E-state index is 0.373. The zero-order valence-electron chi connectivity index (χ0n) is 13.3. The summed E-state index contributed by atoms with van der Waals surface area (Å²) in [6, 6.07) is 0. The van der Waals surface area contributed by atoms with Gasteiger partial charge in [-0.1, -0.05) is 44.2 Å². The standard InChI is InChI=1S/C17H29N3O/c1-2-13-7-9-14(10-8-13)15-19-16(21-20-15)17(18)11-5-3-4-6-12-17/h13-14H,2-12,18H2,1H3. The molecule has 118 valence electrons. The summed E-state index contributed by atoms with van der Waals surface area (Å²) in [5.74, 6) is 2.99. The lowest BCUT2D eigenvalue weighted by Crippen LogP contribution is -2.36. The number of nitrogens with zero attached hydrogens (tertiary/aromatic N) is 2. The Morgan fingerprint density at radius 3 is 2.38 bits per heavy atom. The van der Waals surface area contributed by atoms with Crippen LogP contribution in [0.3, 0.4) is 0 Å². The minimum Gasteiger partial charge on any atom is -0.337 e. The average molecular weight is 291 g/mol. The van der Waals surface area contributed by atoms with Gasteiger partial charge in [0.25, 0.3) is 0 Å². The molecule has 1 aromatic rings. The van der Waals surface area contributed by atoms with Crippen LogP contribution in [-0.4, -0.2) is 10.1 Å². The molecule has 0 unspecified atom stereocenters. The topological polar surface area (TPSA) is 64.9 Å². The molecule has 2 fully saturated rings. The molecule has 1 aromatic heterocycles. The molecule has 0 amide bonds. The third-order valence-electron chi connectivity index (χ3n) is 5.65. The van der Waals surface area contributed by atoms with E-state index in [0.717, 1.165) is 24.6 Å². The Balaban J connectivity index is 1.68. The van der Waals surface area contributed by atoms with Crippen molar-refractivity contribution in [3.8, 4) is 0 Å². The molecule has 2 aliphatic carbocycles. The second-order valence-electron chi connectivity index (χ2n) is 7.15. The quantitative estimate of drug-likeness (QED) is 0.845. The maximum Gasteiger partial charge on any atom is 0.246 e. The smallest absolute Gasteiger partial charge is 0.246 e. The van der Waals surface area contributed by atoms with Gasteiger partial charge in [-0.2, -0.15) is 4.98 Å². The van der Waals surface area contributed by atoms with Gasteiger partial charge in [0.05, 0.1) is 5.54 Å². The van der Waals surface area contributed by atoms with Crippen molar-refractivity contribution in [3.05, 3.63) is 11.7 Å². The van der Waals surface area contributed by atoms with E-state index in [1.165, 1.54) is 57.8 Å². The van der Waals surface area contributed by atoms with E-state index in [2.05, 4.69) is 12.1 Å². The van der Waals surface area contributed by atoms with Gasteiger partial charge >= 0.3 is 0 Å². The highest BCUT2D eigenvalue weighted by atomic mass is 16.5. The first-order chi connectivity index (χ1) is 10.2. The maximum absolute atomic E-state index is 6.57. The van der Waals surface area contributed by atoms with Crippen molar-refractivity contribution in [2.75, 3.05) is 0 Å². The Bertz CT molecular complexity index is 441. The number of aromatic nitrogens is 2. The summed E-state index contributed by atoms with van der Waals surface area (Å²) in [4.78, 5) is 4.72. The van der Waals surface area contributed by atoms with Gasteiger partial charge < -0.3 is 10.3 Å². The van der Waals surface area contributed by atoms with Crippen LogP contribution in [0.15, 0.2) is 4.52 Å². The van der Waals surface area contributed by atoms with Crippen molar-refractivity contribution >= 4 is 0 Å². The number of nitrogens with two attached hydrogens (primary N) is 1. The Morgan fingerprint density at radius 1 is 1.10 bits per heavy atom. The summed E-state index contributed by atoms with van der Waals surface area (Å²) in [5, 5.41) is 4.28. The molecule has 4 nitrogen and oxygen atoms in total. The maximum atomic E-state index is 6.57. The van der Waals surface area contributed by atoms with Gasteiger partial charge in [-0.25, -0.2) is 0 Å². The zero-order chi connectivity index (χ0) is 14.7. The second-order valence-corrected chi connectivity index (χ2v) is 7.15. The molecule has 4 heteroatoms. The third-order valence-corrected chi connectivity index (χ3v) is 5.65. The molecule has 0 aromatic carbocycles. The molecular weight excluding hydrogens is 262 g/mol. The molecule has 0 aliphatic heterocycles. The second kappa shape index (κ2) is 6.47. The van der Waals surface area contributed by atoms with Crippen molar-refractivity contribution < 1.29 is 4.52 Å². The van der Waals surface area contributed by atoms with Crippen molar-refractivity contribution in [1.82, 2.24) is 10.1 Å². The Morgan fingerprint density at radius 2 is 1.76 bits per heavy atom. The first kappa shape index (κ1) is 15.0. The van der Waals surface area contributed by atoms with Gasteiger partial charge in [0.2, 0.25) is 5.89 Å². The molecule has 0 saturated heterocycles. The third kappa shape index (κ3) is 3.31. The molecule has 2 saturated carbocycles. The molecule has 2 aliphatic rings. The fourth-order valence-corrected chi connectivity index (χ4v) is 4.01. The summed E-state index contributed by atoms with van der Waals surface area (Å²) >= 11 is 0. The van der Waals surface area contributed by atoms with Crippen molar-refractivity contribution in [1.29, 1.82) is 0 Å². The molecule has 1 heterocycles. The fraction of sp³-hybridized carbons (Fsp3) is 0.882. The van der Waals surface area contributed by atoms with Crippen LogP contribution in [0.5, 0.6) is 0 Å². The predicted octanol–water partition coefficient (Wildman–Crippen LogP) is 4.26. The van der Waals surface area contributed by atoms with Gasteiger partial charge in [0.1, 0.15) is 0 Å². The Labute approximate surface area is 127 Å². The van der Waals surface area contributed by atoms with Crippen molar-refractivity contribution in [3.63, 3.8) is 0 Å². The summed E-state index contributed by atoms with van der Waals surface area (Å²) in [7, 11) is 0. The summed E-state index contributed by atoms with van der Waals surface area (Å²) in [6.07, 6.45) is 13.2. The molecular formula is C17H29N3O. The van der Waals surface area contributed by atoms with E-state index < -0.39 is 0 Å². The van der Waals surface area contributed by atoms with Crippen LogP contribution in [0.2, 0.25) is 0 Å². The molecule has 3 rings (SSSR count). The molecule has 21 heavy (non-hydrogen) atoms. The molecule has 0 spiro atoms. The van der Waals surface area contributed by atoms with E-state index >= 15 is 0 Å². The van der Waals surface area contributed by atoms with Gasteiger partial charge in [0.15, 0.2) is 5.82 Å². The van der Waals surface area contributed by atoms with Crippen molar-refractivity contribution in [2.45, 2.75) is 89.0 Å². The Hall–Kier alpha value is -0.900. The van der Waals surface area contributed by atoms with Crippen LogP contribution >= 0.6 is 0 Å². The lowest BCUT2D eigenvalue weighted by Gasteiger charge is -2.25. The molecule has 2 N–H and O–H groups in total. The highest BCUT2D eigenvalue weighted by Gasteiger charge is 2.35. The van der Waals surface area contributed by atoms with Gasteiger partial charge in [-0.3, -0.25) is 0 Å². The van der Waals surface area contributed by atoms with Crippen LogP contribution < -0.4 is 5.73 Å². The van der Waals surface area contributed by atoms with Crippen LogP contribution in [0.4, 0.5) is 0 Å². The molecule has 0 radical (unpaired) electrons. The van der Waals surface area contributed by atoms with E-state index in [4.69, 9.17) is 15.2 Å². The van der Waals surface area contributed by atoms with Crippen LogP contribution in [0.1, 0.15) is 95.2 Å².